The van der Waals surface area contributed by atoms with Crippen molar-refractivity contribution < 1.29 is 21.5 Å². The van der Waals surface area contributed by atoms with E-state index in [0.717, 1.165) is 6.42 Å². The largest absolute Gasteiger partial charge is 0.280 e. The van der Waals surface area contributed by atoms with Gasteiger partial charge in [0, 0.05) is 18.8 Å². The number of benzene rings is 2. The molecular formula is C19H22N4O5S2. The van der Waals surface area contributed by atoms with Gasteiger partial charge in [-0.1, -0.05) is 19.9 Å². The highest BCUT2D eigenvalue weighted by molar-refractivity contribution is 7.93. The van der Waals surface area contributed by atoms with Gasteiger partial charge in [-0.15, -0.1) is 0 Å². The van der Waals surface area contributed by atoms with Gasteiger partial charge >= 0.3 is 0 Å². The first-order valence-electron chi connectivity index (χ1n) is 9.51. The normalized spacial score (nSPS) is 21.0. The third-order valence-corrected chi connectivity index (χ3v) is 8.38. The molecule has 0 amide bonds. The summed E-state index contributed by atoms with van der Waals surface area (Å²) in [5.74, 6) is 0.590. The number of anilines is 1. The van der Waals surface area contributed by atoms with E-state index in [-0.39, 0.29) is 21.0 Å². The molecule has 11 heteroatoms. The van der Waals surface area contributed by atoms with Crippen molar-refractivity contribution in [2.75, 3.05) is 17.8 Å². The zero-order valence-corrected chi connectivity index (χ0v) is 18.1. The standard InChI is InChI=1S/C19H22N4O5S2/c1-13-10-14(2)12-23(11-13)30(26,27)16-8-6-15(7-9-16)22-29(24,25)18-5-3-4-17-19(18)21-28-20-17/h3-9,13-14,22H,10-12H2,1-2H3. The number of hydrogen-bond donors (Lipinski definition) is 1. The van der Waals surface area contributed by atoms with Gasteiger partial charge in [0.05, 0.1) is 4.90 Å². The Morgan fingerprint density at radius 3 is 2.30 bits per heavy atom. The van der Waals surface area contributed by atoms with Crippen LogP contribution in [0.15, 0.2) is 56.9 Å². The zero-order valence-electron chi connectivity index (χ0n) is 16.5. The Kier molecular flexibility index (Phi) is 5.28. The van der Waals surface area contributed by atoms with Crippen LogP contribution in [0.2, 0.25) is 0 Å². The maximum atomic E-state index is 13.0. The van der Waals surface area contributed by atoms with E-state index < -0.39 is 20.0 Å². The Balaban J connectivity index is 1.57. The van der Waals surface area contributed by atoms with Gasteiger partial charge in [-0.3, -0.25) is 4.72 Å². The van der Waals surface area contributed by atoms with E-state index in [1.807, 2.05) is 13.8 Å². The maximum absolute atomic E-state index is 13.0. The number of piperidine rings is 1. The van der Waals surface area contributed by atoms with Crippen molar-refractivity contribution in [2.45, 2.75) is 30.1 Å². The maximum Gasteiger partial charge on any atom is 0.264 e. The molecule has 30 heavy (non-hydrogen) atoms. The lowest BCUT2D eigenvalue weighted by atomic mass is 9.94. The Morgan fingerprint density at radius 2 is 1.63 bits per heavy atom. The van der Waals surface area contributed by atoms with Gasteiger partial charge in [-0.2, -0.15) is 4.31 Å². The van der Waals surface area contributed by atoms with Crippen molar-refractivity contribution >= 4 is 36.8 Å². The molecule has 1 saturated heterocycles. The highest BCUT2D eigenvalue weighted by atomic mass is 32.2. The number of fused-ring (bicyclic) bond motifs is 1. The molecule has 2 heterocycles. The molecule has 0 radical (unpaired) electrons. The first-order valence-corrected chi connectivity index (χ1v) is 12.4. The molecule has 160 valence electrons. The molecule has 1 fully saturated rings. The SMILES string of the molecule is CC1CC(C)CN(S(=O)(=O)c2ccc(NS(=O)(=O)c3cccc4nonc34)cc2)C1. The monoisotopic (exact) mass is 450 g/mol. The lowest BCUT2D eigenvalue weighted by molar-refractivity contribution is 0.222. The van der Waals surface area contributed by atoms with Crippen molar-refractivity contribution in [2.24, 2.45) is 11.8 Å². The molecule has 1 aromatic heterocycles. The van der Waals surface area contributed by atoms with E-state index in [0.29, 0.717) is 30.4 Å². The second kappa shape index (κ2) is 7.64. The van der Waals surface area contributed by atoms with Crippen molar-refractivity contribution in [1.82, 2.24) is 14.6 Å². The topological polar surface area (TPSA) is 122 Å². The fourth-order valence-electron chi connectivity index (χ4n) is 3.85. The summed E-state index contributed by atoms with van der Waals surface area (Å²) >= 11 is 0. The molecule has 0 aliphatic carbocycles. The number of sulfonamides is 2. The third kappa shape index (κ3) is 3.92. The van der Waals surface area contributed by atoms with E-state index in [2.05, 4.69) is 19.7 Å². The van der Waals surface area contributed by atoms with Crippen molar-refractivity contribution in [1.29, 1.82) is 0 Å². The molecule has 0 bridgehead atoms. The molecule has 0 spiro atoms. The third-order valence-electron chi connectivity index (χ3n) is 5.12. The Bertz CT molecular complexity index is 1260. The second-order valence-corrected chi connectivity index (χ2v) is 11.4. The summed E-state index contributed by atoms with van der Waals surface area (Å²) in [6.07, 6.45) is 1.00. The minimum Gasteiger partial charge on any atom is -0.280 e. The molecule has 2 atom stereocenters. The zero-order chi connectivity index (χ0) is 21.5. The number of rotatable bonds is 5. The number of hydrogen-bond acceptors (Lipinski definition) is 7. The van der Waals surface area contributed by atoms with Gasteiger partial charge in [0.1, 0.15) is 10.4 Å². The molecule has 9 nitrogen and oxygen atoms in total. The van der Waals surface area contributed by atoms with Crippen LogP contribution in [0.1, 0.15) is 20.3 Å². The smallest absolute Gasteiger partial charge is 0.264 e. The number of nitrogens with one attached hydrogen (secondary N) is 1. The van der Waals surface area contributed by atoms with Crippen LogP contribution in [0.5, 0.6) is 0 Å². The summed E-state index contributed by atoms with van der Waals surface area (Å²) in [7, 11) is -7.60. The van der Waals surface area contributed by atoms with Gasteiger partial charge in [0.25, 0.3) is 10.0 Å². The van der Waals surface area contributed by atoms with Crippen LogP contribution in [0.4, 0.5) is 5.69 Å². The molecular weight excluding hydrogens is 428 g/mol. The van der Waals surface area contributed by atoms with Gasteiger partial charge < -0.3 is 0 Å². The number of aromatic nitrogens is 2. The fraction of sp³-hybridized carbons (Fsp3) is 0.368. The van der Waals surface area contributed by atoms with Crippen LogP contribution < -0.4 is 4.72 Å². The fourth-order valence-corrected chi connectivity index (χ4v) is 6.74. The first kappa shape index (κ1) is 20.8. The van der Waals surface area contributed by atoms with Gasteiger partial charge in [-0.05, 0) is 65.0 Å². The van der Waals surface area contributed by atoms with Gasteiger partial charge in [0.15, 0.2) is 5.52 Å². The predicted molar refractivity (Wildman–Crippen MR) is 111 cm³/mol. The van der Waals surface area contributed by atoms with Crippen LogP contribution in [-0.4, -0.2) is 44.5 Å². The van der Waals surface area contributed by atoms with E-state index in [1.54, 1.807) is 6.07 Å². The Labute approximate surface area is 175 Å². The van der Waals surface area contributed by atoms with Crippen LogP contribution in [0.3, 0.4) is 0 Å². The van der Waals surface area contributed by atoms with E-state index in [4.69, 9.17) is 0 Å². The van der Waals surface area contributed by atoms with Crippen LogP contribution >= 0.6 is 0 Å². The van der Waals surface area contributed by atoms with E-state index >= 15 is 0 Å². The van der Waals surface area contributed by atoms with Crippen molar-refractivity contribution in [3.63, 3.8) is 0 Å². The summed E-state index contributed by atoms with van der Waals surface area (Å²) in [4.78, 5) is 0.0591. The second-order valence-electron chi connectivity index (χ2n) is 7.79. The van der Waals surface area contributed by atoms with E-state index in [9.17, 15) is 16.8 Å². The average Bonchev–Trinajstić information content (AvgIpc) is 3.16. The van der Waals surface area contributed by atoms with Gasteiger partial charge in [-0.25, -0.2) is 21.5 Å². The van der Waals surface area contributed by atoms with Crippen LogP contribution in [-0.2, 0) is 20.0 Å². The molecule has 1 aliphatic rings. The molecule has 3 aromatic rings. The molecule has 1 N–H and O–H groups in total. The summed E-state index contributed by atoms with van der Waals surface area (Å²) in [5, 5.41) is 7.29. The highest BCUT2D eigenvalue weighted by Crippen LogP contribution is 2.28. The number of nitrogens with zero attached hydrogens (tertiary/aromatic N) is 3. The Hall–Kier alpha value is -2.50. The summed E-state index contributed by atoms with van der Waals surface area (Å²) < 4.78 is 60.0. The first-order chi connectivity index (χ1) is 14.2. The molecule has 4 rings (SSSR count). The quantitative estimate of drug-likeness (QED) is 0.634. The summed E-state index contributed by atoms with van der Waals surface area (Å²) in [6, 6.07) is 10.2. The lowest BCUT2D eigenvalue weighted by Gasteiger charge is -2.34. The molecule has 0 saturated carbocycles. The van der Waals surface area contributed by atoms with Crippen LogP contribution in [0.25, 0.3) is 11.0 Å². The van der Waals surface area contributed by atoms with Crippen molar-refractivity contribution in [3.8, 4) is 0 Å². The summed E-state index contributed by atoms with van der Waals surface area (Å²) in [5.41, 5.74) is 0.685. The lowest BCUT2D eigenvalue weighted by Crippen LogP contribution is -2.42. The molecule has 2 aromatic carbocycles. The highest BCUT2D eigenvalue weighted by Gasteiger charge is 2.31. The van der Waals surface area contributed by atoms with E-state index in [1.165, 1.54) is 40.7 Å². The molecule has 1 aliphatic heterocycles. The van der Waals surface area contributed by atoms with Gasteiger partial charge in [0.2, 0.25) is 10.0 Å². The minimum absolute atomic E-state index is 0.0748. The predicted octanol–water partition coefficient (Wildman–Crippen LogP) is 2.69. The minimum atomic E-state index is -3.97. The van der Waals surface area contributed by atoms with Crippen LogP contribution in [0, 0.1) is 11.8 Å². The average molecular weight is 451 g/mol. The molecule has 2 unspecified atom stereocenters. The summed E-state index contributed by atoms with van der Waals surface area (Å²) in [6.45, 7) is 5.05. The Morgan fingerprint density at radius 1 is 0.967 bits per heavy atom. The van der Waals surface area contributed by atoms with Crippen molar-refractivity contribution in [3.05, 3.63) is 42.5 Å².